The fourth-order valence-electron chi connectivity index (χ4n) is 4.15. The van der Waals surface area contributed by atoms with Crippen LogP contribution in [0, 0.1) is 5.41 Å². The van der Waals surface area contributed by atoms with E-state index in [0.29, 0.717) is 0 Å². The third-order valence-corrected chi connectivity index (χ3v) is 5.15. The number of carboxylic acid groups (broad SMARTS) is 4. The summed E-state index contributed by atoms with van der Waals surface area (Å²) in [6.45, 7) is 0. The van der Waals surface area contributed by atoms with Crippen molar-refractivity contribution in [3.63, 3.8) is 0 Å². The minimum Gasteiger partial charge on any atom is -0.480 e. The molecular weight excluding hydrogens is 356 g/mol. The number of rotatable bonds is 5. The minimum atomic E-state index is -3.21. The summed E-state index contributed by atoms with van der Waals surface area (Å²) in [5.74, 6) is -9.69. The maximum Gasteiger partial charge on any atom is 0.327 e. The summed E-state index contributed by atoms with van der Waals surface area (Å²) in [6.07, 6.45) is 0. The van der Waals surface area contributed by atoms with E-state index in [0.717, 1.165) is 6.07 Å². The van der Waals surface area contributed by atoms with Gasteiger partial charge in [-0.3, -0.25) is 19.2 Å². The standard InChI is InChI=1S/C19H14O8/c20-14(21)18(15(22)23)12-9-5-4-8-11(12)13(10-6-2-1-3-7-10)19(18,16(24)25)17(26)27/h1-9,13H,(H,20,21)(H,22,23)(H,24,25)(H,26,27). The van der Waals surface area contributed by atoms with Crippen LogP contribution in [-0.4, -0.2) is 44.3 Å². The summed E-state index contributed by atoms with van der Waals surface area (Å²) in [4.78, 5) is 49.1. The highest BCUT2D eigenvalue weighted by Gasteiger charge is 2.80. The normalized spacial score (nSPS) is 19.0. The van der Waals surface area contributed by atoms with E-state index in [-0.39, 0.29) is 16.7 Å². The number of hydrogen-bond acceptors (Lipinski definition) is 4. The fourth-order valence-corrected chi connectivity index (χ4v) is 4.15. The van der Waals surface area contributed by atoms with Crippen LogP contribution in [0.2, 0.25) is 0 Å². The van der Waals surface area contributed by atoms with Crippen molar-refractivity contribution in [3.8, 4) is 0 Å². The molecule has 8 nitrogen and oxygen atoms in total. The van der Waals surface area contributed by atoms with Crippen LogP contribution >= 0.6 is 0 Å². The van der Waals surface area contributed by atoms with Gasteiger partial charge in [0.2, 0.25) is 10.8 Å². The van der Waals surface area contributed by atoms with Gasteiger partial charge in [0.05, 0.1) is 0 Å². The molecule has 0 saturated carbocycles. The van der Waals surface area contributed by atoms with Crippen LogP contribution in [0.5, 0.6) is 0 Å². The average Bonchev–Trinajstić information content (AvgIpc) is 2.91. The van der Waals surface area contributed by atoms with Crippen molar-refractivity contribution in [1.29, 1.82) is 0 Å². The van der Waals surface area contributed by atoms with Crippen molar-refractivity contribution in [2.75, 3.05) is 0 Å². The highest BCUT2D eigenvalue weighted by Crippen LogP contribution is 2.62. The SMILES string of the molecule is O=C(O)C1(C(=O)O)c2ccccc2C(c2ccccc2)C1(C(=O)O)C(=O)O. The Bertz CT molecular complexity index is 935. The lowest BCUT2D eigenvalue weighted by molar-refractivity contribution is -0.186. The summed E-state index contributed by atoms with van der Waals surface area (Å²) >= 11 is 0. The lowest BCUT2D eigenvalue weighted by Gasteiger charge is -2.37. The highest BCUT2D eigenvalue weighted by atomic mass is 16.4. The predicted octanol–water partition coefficient (Wildman–Crippen LogP) is 1.39. The van der Waals surface area contributed by atoms with Crippen LogP contribution in [0.3, 0.4) is 0 Å². The molecule has 27 heavy (non-hydrogen) atoms. The average molecular weight is 370 g/mol. The zero-order chi connectivity index (χ0) is 20.0. The summed E-state index contributed by atoms with van der Waals surface area (Å²) in [5.41, 5.74) is -6.52. The van der Waals surface area contributed by atoms with Gasteiger partial charge >= 0.3 is 23.9 Å². The first-order valence-electron chi connectivity index (χ1n) is 7.81. The summed E-state index contributed by atoms with van der Waals surface area (Å²) in [6, 6.07) is 12.9. The number of fused-ring (bicyclic) bond motifs is 1. The first kappa shape index (κ1) is 18.1. The van der Waals surface area contributed by atoms with E-state index in [4.69, 9.17) is 0 Å². The summed E-state index contributed by atoms with van der Waals surface area (Å²) < 4.78 is 0. The monoisotopic (exact) mass is 370 g/mol. The Morgan fingerprint density at radius 1 is 0.667 bits per heavy atom. The van der Waals surface area contributed by atoms with Crippen LogP contribution < -0.4 is 0 Å². The van der Waals surface area contributed by atoms with E-state index in [9.17, 15) is 39.6 Å². The molecule has 1 unspecified atom stereocenters. The number of hydrogen-bond donors (Lipinski definition) is 4. The van der Waals surface area contributed by atoms with E-state index >= 15 is 0 Å². The van der Waals surface area contributed by atoms with Gasteiger partial charge in [0, 0.05) is 5.92 Å². The molecule has 0 bridgehead atoms. The Hall–Kier alpha value is -3.68. The lowest BCUT2D eigenvalue weighted by Crippen LogP contribution is -2.63. The van der Waals surface area contributed by atoms with Gasteiger partial charge in [0.1, 0.15) is 0 Å². The van der Waals surface area contributed by atoms with Crippen molar-refractivity contribution in [2.45, 2.75) is 11.3 Å². The largest absolute Gasteiger partial charge is 0.480 e. The molecule has 3 rings (SSSR count). The molecule has 8 heteroatoms. The van der Waals surface area contributed by atoms with E-state index < -0.39 is 40.6 Å². The van der Waals surface area contributed by atoms with E-state index in [1.165, 1.54) is 42.5 Å². The summed E-state index contributed by atoms with van der Waals surface area (Å²) in [7, 11) is 0. The smallest absolute Gasteiger partial charge is 0.327 e. The molecule has 0 saturated heterocycles. The molecule has 0 aliphatic heterocycles. The topological polar surface area (TPSA) is 149 Å². The van der Waals surface area contributed by atoms with Gasteiger partial charge in [0.25, 0.3) is 0 Å². The molecule has 2 aromatic carbocycles. The number of aliphatic carboxylic acids is 4. The van der Waals surface area contributed by atoms with Crippen molar-refractivity contribution in [2.24, 2.45) is 5.41 Å². The summed E-state index contributed by atoms with van der Waals surface area (Å²) in [5, 5.41) is 39.7. The van der Waals surface area contributed by atoms with Gasteiger partial charge in [-0.05, 0) is 16.7 Å². The van der Waals surface area contributed by atoms with Gasteiger partial charge in [-0.1, -0.05) is 54.6 Å². The van der Waals surface area contributed by atoms with Crippen molar-refractivity contribution in [1.82, 2.24) is 0 Å². The quantitative estimate of drug-likeness (QED) is 0.577. The molecule has 0 spiro atoms. The molecule has 1 aliphatic carbocycles. The molecule has 2 aromatic rings. The highest BCUT2D eigenvalue weighted by molar-refractivity contribution is 6.20. The number of benzene rings is 2. The zero-order valence-corrected chi connectivity index (χ0v) is 13.7. The van der Waals surface area contributed by atoms with Gasteiger partial charge in [-0.25, -0.2) is 0 Å². The Morgan fingerprint density at radius 3 is 1.63 bits per heavy atom. The van der Waals surface area contributed by atoms with Crippen molar-refractivity contribution in [3.05, 3.63) is 71.3 Å². The minimum absolute atomic E-state index is 0.0401. The van der Waals surface area contributed by atoms with Crippen LogP contribution in [-0.2, 0) is 24.6 Å². The molecule has 0 radical (unpaired) electrons. The first-order valence-corrected chi connectivity index (χ1v) is 7.81. The molecule has 138 valence electrons. The van der Waals surface area contributed by atoms with Crippen LogP contribution in [0.25, 0.3) is 0 Å². The second kappa shape index (κ2) is 5.94. The van der Waals surface area contributed by atoms with Crippen molar-refractivity contribution >= 4 is 23.9 Å². The molecule has 4 N–H and O–H groups in total. The van der Waals surface area contributed by atoms with Gasteiger partial charge in [-0.15, -0.1) is 0 Å². The second-order valence-electron chi connectivity index (χ2n) is 6.21. The van der Waals surface area contributed by atoms with Crippen LogP contribution in [0.1, 0.15) is 22.6 Å². The second-order valence-corrected chi connectivity index (χ2v) is 6.21. The molecular formula is C19H14O8. The van der Waals surface area contributed by atoms with E-state index in [1.807, 2.05) is 0 Å². The Kier molecular flexibility index (Phi) is 3.99. The zero-order valence-electron chi connectivity index (χ0n) is 13.7. The molecule has 0 amide bonds. The van der Waals surface area contributed by atoms with Gasteiger partial charge in [0.15, 0.2) is 0 Å². The molecule has 1 atom stereocenters. The van der Waals surface area contributed by atoms with E-state index in [1.54, 1.807) is 6.07 Å². The predicted molar refractivity (Wildman–Crippen MR) is 89.4 cm³/mol. The third kappa shape index (κ3) is 1.97. The first-order chi connectivity index (χ1) is 12.7. The fraction of sp³-hybridized carbons (Fsp3) is 0.158. The Morgan fingerprint density at radius 2 is 1.15 bits per heavy atom. The molecule has 0 fully saturated rings. The Labute approximate surface area is 152 Å². The third-order valence-electron chi connectivity index (χ3n) is 5.15. The van der Waals surface area contributed by atoms with Gasteiger partial charge < -0.3 is 20.4 Å². The lowest BCUT2D eigenvalue weighted by atomic mass is 9.58. The van der Waals surface area contributed by atoms with Crippen LogP contribution in [0.4, 0.5) is 0 Å². The number of carboxylic acids is 4. The maximum absolute atomic E-state index is 12.3. The molecule has 0 heterocycles. The van der Waals surface area contributed by atoms with Crippen molar-refractivity contribution < 1.29 is 39.6 Å². The Balaban J connectivity index is 2.58. The van der Waals surface area contributed by atoms with Gasteiger partial charge in [-0.2, -0.15) is 0 Å². The van der Waals surface area contributed by atoms with E-state index in [2.05, 4.69) is 0 Å². The number of carbonyl (C=O) groups is 4. The maximum atomic E-state index is 12.3. The molecule has 0 aromatic heterocycles. The van der Waals surface area contributed by atoms with Crippen LogP contribution in [0.15, 0.2) is 54.6 Å². The molecule has 1 aliphatic rings.